The highest BCUT2D eigenvalue weighted by Crippen LogP contribution is 2.24. The summed E-state index contributed by atoms with van der Waals surface area (Å²) < 4.78 is 18.7. The summed E-state index contributed by atoms with van der Waals surface area (Å²) in [7, 11) is 0. The van der Waals surface area contributed by atoms with E-state index >= 15 is 0 Å². The molecule has 0 unspecified atom stereocenters. The third-order valence-electron chi connectivity index (χ3n) is 4.84. The second-order valence-corrected chi connectivity index (χ2v) is 6.73. The van der Waals surface area contributed by atoms with Crippen molar-refractivity contribution in [2.24, 2.45) is 0 Å². The highest BCUT2D eigenvalue weighted by atomic mass is 19.1. The number of carbonyl (C=O) groups is 2. The van der Waals surface area contributed by atoms with E-state index in [1.165, 1.54) is 11.0 Å². The fourth-order valence-corrected chi connectivity index (χ4v) is 3.35. The lowest BCUT2D eigenvalue weighted by Crippen LogP contribution is -2.58. The van der Waals surface area contributed by atoms with E-state index in [9.17, 15) is 19.1 Å². The van der Waals surface area contributed by atoms with E-state index in [4.69, 9.17) is 4.74 Å². The summed E-state index contributed by atoms with van der Waals surface area (Å²) in [5, 5.41) is 13.8. The number of hydrogen-bond acceptors (Lipinski definition) is 5. The van der Waals surface area contributed by atoms with Gasteiger partial charge in [-0.2, -0.15) is 0 Å². The molecule has 2 heterocycles. The summed E-state index contributed by atoms with van der Waals surface area (Å²) in [6.07, 6.45) is 0.671. The lowest BCUT2D eigenvalue weighted by molar-refractivity contribution is -0.157. The van der Waals surface area contributed by atoms with Crippen LogP contribution in [0.15, 0.2) is 24.3 Å². The lowest BCUT2D eigenvalue weighted by Gasteiger charge is -2.38. The summed E-state index contributed by atoms with van der Waals surface area (Å²) in [6.45, 7) is 2.61. The van der Waals surface area contributed by atoms with Crippen molar-refractivity contribution in [1.29, 1.82) is 0 Å². The number of benzene rings is 1. The Morgan fingerprint density at radius 1 is 1.23 bits per heavy atom. The third kappa shape index (κ3) is 4.13. The average Bonchev–Trinajstić information content (AvgIpc) is 3.03. The standard InChI is InChI=1S/C18H24FN3O4/c19-15-5-2-1-4-14(15)12-22-8-3-6-18(25,16(22)23)13-20-7-9-21-10-11-26-17(21)24/h1-2,4-5,20,25H,3,6-13H2/t18-/m0/s1. The van der Waals surface area contributed by atoms with Crippen molar-refractivity contribution in [3.05, 3.63) is 35.6 Å². The maximum atomic E-state index is 13.8. The van der Waals surface area contributed by atoms with Crippen LogP contribution in [0.3, 0.4) is 0 Å². The van der Waals surface area contributed by atoms with E-state index in [1.54, 1.807) is 23.1 Å². The van der Waals surface area contributed by atoms with Gasteiger partial charge >= 0.3 is 6.09 Å². The number of likely N-dealkylation sites (tertiary alicyclic amines) is 1. The van der Waals surface area contributed by atoms with E-state index in [2.05, 4.69) is 5.32 Å². The van der Waals surface area contributed by atoms with Crippen LogP contribution < -0.4 is 5.32 Å². The molecule has 26 heavy (non-hydrogen) atoms. The van der Waals surface area contributed by atoms with Crippen molar-refractivity contribution in [1.82, 2.24) is 15.1 Å². The zero-order chi connectivity index (χ0) is 18.6. The SMILES string of the molecule is O=C1OCCN1CCNC[C@@]1(O)CCCN(Cc2ccccc2F)C1=O. The molecule has 2 aliphatic heterocycles. The molecule has 1 atom stereocenters. The normalized spacial score (nSPS) is 23.5. The Hall–Kier alpha value is -2.19. The number of amides is 2. The van der Waals surface area contributed by atoms with Crippen LogP contribution in [0.2, 0.25) is 0 Å². The van der Waals surface area contributed by atoms with Crippen LogP contribution in [0.5, 0.6) is 0 Å². The number of rotatable bonds is 7. The van der Waals surface area contributed by atoms with Crippen molar-refractivity contribution in [2.75, 3.05) is 39.3 Å². The van der Waals surface area contributed by atoms with Gasteiger partial charge in [-0.3, -0.25) is 4.79 Å². The van der Waals surface area contributed by atoms with Crippen LogP contribution in [-0.2, 0) is 16.1 Å². The molecule has 3 rings (SSSR count). The molecule has 8 heteroatoms. The van der Waals surface area contributed by atoms with Crippen LogP contribution in [0.4, 0.5) is 9.18 Å². The molecule has 7 nitrogen and oxygen atoms in total. The summed E-state index contributed by atoms with van der Waals surface area (Å²) in [4.78, 5) is 27.1. The fourth-order valence-electron chi connectivity index (χ4n) is 3.35. The van der Waals surface area contributed by atoms with Crippen molar-refractivity contribution in [3.8, 4) is 0 Å². The summed E-state index contributed by atoms with van der Waals surface area (Å²) in [5.74, 6) is -0.745. The van der Waals surface area contributed by atoms with E-state index < -0.39 is 5.60 Å². The highest BCUT2D eigenvalue weighted by molar-refractivity contribution is 5.86. The van der Waals surface area contributed by atoms with Crippen molar-refractivity contribution in [3.63, 3.8) is 0 Å². The van der Waals surface area contributed by atoms with Crippen LogP contribution in [0, 0.1) is 5.82 Å². The van der Waals surface area contributed by atoms with Gasteiger partial charge in [0.15, 0.2) is 5.60 Å². The zero-order valence-electron chi connectivity index (χ0n) is 14.6. The minimum Gasteiger partial charge on any atom is -0.448 e. The summed E-state index contributed by atoms with van der Waals surface area (Å²) >= 11 is 0. The van der Waals surface area contributed by atoms with Crippen LogP contribution in [0.1, 0.15) is 18.4 Å². The van der Waals surface area contributed by atoms with Gasteiger partial charge in [0.05, 0.1) is 6.54 Å². The van der Waals surface area contributed by atoms with Crippen molar-refractivity contribution >= 4 is 12.0 Å². The molecule has 2 N–H and O–H groups in total. The van der Waals surface area contributed by atoms with Gasteiger partial charge in [0.1, 0.15) is 12.4 Å². The first-order chi connectivity index (χ1) is 12.5. The minimum absolute atomic E-state index is 0.0997. The van der Waals surface area contributed by atoms with E-state index in [-0.39, 0.29) is 30.9 Å². The highest BCUT2D eigenvalue weighted by Gasteiger charge is 2.41. The number of piperidine rings is 1. The number of cyclic esters (lactones) is 1. The topological polar surface area (TPSA) is 82.1 Å². The fraction of sp³-hybridized carbons (Fsp3) is 0.556. The Bertz CT molecular complexity index is 672. The molecule has 2 saturated heterocycles. The van der Waals surface area contributed by atoms with Gasteiger partial charge < -0.3 is 25.0 Å². The second kappa shape index (κ2) is 8.01. The number of ether oxygens (including phenoxy) is 1. The lowest BCUT2D eigenvalue weighted by atomic mass is 9.91. The molecular formula is C18H24FN3O4. The van der Waals surface area contributed by atoms with Crippen LogP contribution >= 0.6 is 0 Å². The van der Waals surface area contributed by atoms with Gasteiger partial charge in [0.2, 0.25) is 0 Å². The van der Waals surface area contributed by atoms with Crippen molar-refractivity contribution < 1.29 is 23.8 Å². The molecule has 0 bridgehead atoms. The monoisotopic (exact) mass is 365 g/mol. The Morgan fingerprint density at radius 3 is 2.77 bits per heavy atom. The van der Waals surface area contributed by atoms with Crippen LogP contribution in [-0.4, -0.2) is 71.8 Å². The molecule has 1 aromatic carbocycles. The van der Waals surface area contributed by atoms with Gasteiger partial charge in [0.25, 0.3) is 5.91 Å². The Balaban J connectivity index is 1.52. The third-order valence-corrected chi connectivity index (χ3v) is 4.84. The molecule has 1 aromatic rings. The first-order valence-corrected chi connectivity index (χ1v) is 8.87. The molecule has 0 aromatic heterocycles. The first kappa shape index (κ1) is 18.6. The Kier molecular flexibility index (Phi) is 5.73. The molecule has 0 aliphatic carbocycles. The largest absolute Gasteiger partial charge is 0.448 e. The predicted molar refractivity (Wildman–Crippen MR) is 91.8 cm³/mol. The van der Waals surface area contributed by atoms with E-state index in [1.807, 2.05) is 0 Å². The number of nitrogens with zero attached hydrogens (tertiary/aromatic N) is 2. The molecule has 0 spiro atoms. The minimum atomic E-state index is -1.50. The van der Waals surface area contributed by atoms with Gasteiger partial charge in [-0.1, -0.05) is 18.2 Å². The predicted octanol–water partition coefficient (Wildman–Crippen LogP) is 0.721. The van der Waals surface area contributed by atoms with Gasteiger partial charge in [-0.25, -0.2) is 9.18 Å². The van der Waals surface area contributed by atoms with Crippen LogP contribution in [0.25, 0.3) is 0 Å². The first-order valence-electron chi connectivity index (χ1n) is 8.87. The maximum Gasteiger partial charge on any atom is 0.409 e. The maximum absolute atomic E-state index is 13.8. The summed E-state index contributed by atoms with van der Waals surface area (Å²) in [5.41, 5.74) is -1.07. The Labute approximate surface area is 151 Å². The molecule has 2 fully saturated rings. The molecule has 142 valence electrons. The number of carbonyl (C=O) groups excluding carboxylic acids is 2. The smallest absolute Gasteiger partial charge is 0.409 e. The molecule has 2 aliphatic rings. The molecule has 0 saturated carbocycles. The molecule has 0 radical (unpaired) electrons. The quantitative estimate of drug-likeness (QED) is 0.696. The Morgan fingerprint density at radius 2 is 2.04 bits per heavy atom. The van der Waals surface area contributed by atoms with E-state index in [0.29, 0.717) is 51.2 Å². The number of nitrogens with one attached hydrogen (secondary N) is 1. The average molecular weight is 365 g/mol. The number of aliphatic hydroxyl groups is 1. The molecule has 2 amide bonds. The van der Waals surface area contributed by atoms with Gasteiger partial charge in [-0.15, -0.1) is 0 Å². The van der Waals surface area contributed by atoms with Gasteiger partial charge in [0, 0.05) is 38.3 Å². The van der Waals surface area contributed by atoms with Crippen molar-refractivity contribution in [2.45, 2.75) is 25.0 Å². The number of halogens is 1. The zero-order valence-corrected chi connectivity index (χ0v) is 14.6. The molecular weight excluding hydrogens is 341 g/mol. The summed E-state index contributed by atoms with van der Waals surface area (Å²) in [6, 6.07) is 6.34. The van der Waals surface area contributed by atoms with E-state index in [0.717, 1.165) is 0 Å². The number of hydrogen-bond donors (Lipinski definition) is 2. The van der Waals surface area contributed by atoms with Gasteiger partial charge in [-0.05, 0) is 18.9 Å². The second-order valence-electron chi connectivity index (χ2n) is 6.73.